The minimum absolute atomic E-state index is 0.0225. The molecule has 0 spiro atoms. The average Bonchev–Trinajstić information content (AvgIpc) is 2.79. The predicted octanol–water partition coefficient (Wildman–Crippen LogP) is 1.66. The van der Waals surface area contributed by atoms with Gasteiger partial charge in [-0.05, 0) is 25.6 Å². The largest absolute Gasteiger partial charge is 0.396 e. The van der Waals surface area contributed by atoms with Gasteiger partial charge in [0, 0.05) is 56.9 Å². The van der Waals surface area contributed by atoms with Crippen molar-refractivity contribution in [2.24, 2.45) is 4.99 Å². The van der Waals surface area contributed by atoms with Crippen LogP contribution in [0.5, 0.6) is 0 Å². The number of aliphatic hydroxyl groups excluding tert-OH is 1. The third-order valence-electron chi connectivity index (χ3n) is 5.43. The maximum atomic E-state index is 9.81. The molecule has 162 valence electrons. The van der Waals surface area contributed by atoms with E-state index in [2.05, 4.69) is 45.5 Å². The molecule has 1 unspecified atom stereocenters. The molecule has 0 radical (unpaired) electrons. The Morgan fingerprint density at radius 1 is 1.10 bits per heavy atom. The van der Waals surface area contributed by atoms with E-state index in [1.165, 1.54) is 0 Å². The first-order chi connectivity index (χ1) is 14.7. The molecular weight excluding hydrogens is 376 g/mol. The molecule has 1 aromatic heterocycles. The molecule has 1 atom stereocenters. The lowest BCUT2D eigenvalue weighted by atomic mass is 10.0. The smallest absolute Gasteiger partial charge is 0.191 e. The van der Waals surface area contributed by atoms with E-state index in [0.29, 0.717) is 13.1 Å². The molecule has 1 fully saturated rings. The van der Waals surface area contributed by atoms with Crippen molar-refractivity contribution in [3.63, 3.8) is 0 Å². The van der Waals surface area contributed by atoms with E-state index in [0.717, 1.165) is 55.6 Å². The Kier molecular flexibility index (Phi) is 8.47. The zero-order valence-electron chi connectivity index (χ0n) is 18.1. The third-order valence-corrected chi connectivity index (χ3v) is 5.43. The van der Waals surface area contributed by atoms with Crippen LogP contribution in [0.4, 0.5) is 5.82 Å². The number of aromatic nitrogens is 1. The van der Waals surface area contributed by atoms with Crippen LogP contribution in [0, 0.1) is 0 Å². The van der Waals surface area contributed by atoms with Crippen molar-refractivity contribution in [2.45, 2.75) is 19.4 Å². The second-order valence-electron chi connectivity index (χ2n) is 7.64. The van der Waals surface area contributed by atoms with Crippen molar-refractivity contribution in [2.75, 3.05) is 57.8 Å². The number of nitrogens with zero attached hydrogens (tertiary/aromatic N) is 4. The van der Waals surface area contributed by atoms with E-state index in [1.54, 1.807) is 0 Å². The molecule has 1 aliphatic heterocycles. The van der Waals surface area contributed by atoms with Gasteiger partial charge in [-0.25, -0.2) is 9.98 Å². The van der Waals surface area contributed by atoms with E-state index >= 15 is 0 Å². The summed E-state index contributed by atoms with van der Waals surface area (Å²) in [5, 5.41) is 16.5. The van der Waals surface area contributed by atoms with E-state index in [1.807, 2.05) is 42.6 Å². The number of pyridine rings is 1. The van der Waals surface area contributed by atoms with Crippen LogP contribution in [0.2, 0.25) is 0 Å². The summed E-state index contributed by atoms with van der Waals surface area (Å²) < 4.78 is 0. The second kappa shape index (κ2) is 11.5. The van der Waals surface area contributed by atoms with Crippen LogP contribution in [0.15, 0.2) is 53.7 Å². The van der Waals surface area contributed by atoms with Gasteiger partial charge in [-0.2, -0.15) is 0 Å². The van der Waals surface area contributed by atoms with Crippen LogP contribution in [-0.2, 0) is 6.54 Å². The van der Waals surface area contributed by atoms with Gasteiger partial charge in [-0.3, -0.25) is 0 Å². The van der Waals surface area contributed by atoms with E-state index < -0.39 is 0 Å². The zero-order chi connectivity index (χ0) is 21.2. The summed E-state index contributed by atoms with van der Waals surface area (Å²) in [6.45, 7) is 8.15. The Morgan fingerprint density at radius 3 is 2.57 bits per heavy atom. The monoisotopic (exact) mass is 410 g/mol. The first-order valence-electron chi connectivity index (χ1n) is 10.8. The number of hydrogen-bond acceptors (Lipinski definition) is 5. The second-order valence-corrected chi connectivity index (χ2v) is 7.64. The van der Waals surface area contributed by atoms with Gasteiger partial charge in [-0.1, -0.05) is 36.4 Å². The SMILES string of the molecule is CCNC(=NCc1cccnc1N1CCN(C)CC1)NCC(CO)c1ccccc1. The third kappa shape index (κ3) is 6.18. The summed E-state index contributed by atoms with van der Waals surface area (Å²) in [6, 6.07) is 14.2. The number of aliphatic imine (C=N–C) groups is 1. The summed E-state index contributed by atoms with van der Waals surface area (Å²) in [5.74, 6) is 1.80. The standard InChI is InChI=1S/C23H34N6O/c1-3-24-23(27-17-21(18-30)19-8-5-4-6-9-19)26-16-20-10-7-11-25-22(20)29-14-12-28(2)13-15-29/h4-11,21,30H,3,12-18H2,1-2H3,(H2,24,26,27). The van der Waals surface area contributed by atoms with Gasteiger partial charge in [0.05, 0.1) is 13.2 Å². The van der Waals surface area contributed by atoms with E-state index in [4.69, 9.17) is 4.99 Å². The lowest BCUT2D eigenvalue weighted by Gasteiger charge is -2.34. The van der Waals surface area contributed by atoms with Crippen LogP contribution in [0.25, 0.3) is 0 Å². The first-order valence-corrected chi connectivity index (χ1v) is 10.8. The van der Waals surface area contributed by atoms with Crippen molar-refractivity contribution in [3.05, 3.63) is 59.8 Å². The van der Waals surface area contributed by atoms with E-state index in [9.17, 15) is 5.11 Å². The summed E-state index contributed by atoms with van der Waals surface area (Å²) >= 11 is 0. The van der Waals surface area contributed by atoms with Gasteiger partial charge in [0.2, 0.25) is 0 Å². The quantitative estimate of drug-likeness (QED) is 0.454. The minimum atomic E-state index is 0.0225. The Balaban J connectivity index is 1.66. The van der Waals surface area contributed by atoms with Gasteiger partial charge < -0.3 is 25.5 Å². The maximum Gasteiger partial charge on any atom is 0.191 e. The normalized spacial score (nSPS) is 16.4. The number of guanidine groups is 1. The highest BCUT2D eigenvalue weighted by molar-refractivity contribution is 5.79. The summed E-state index contributed by atoms with van der Waals surface area (Å²) in [7, 11) is 2.16. The molecule has 30 heavy (non-hydrogen) atoms. The summed E-state index contributed by atoms with van der Waals surface area (Å²) in [6.07, 6.45) is 1.86. The fourth-order valence-electron chi connectivity index (χ4n) is 3.60. The van der Waals surface area contributed by atoms with Crippen LogP contribution >= 0.6 is 0 Å². The topological polar surface area (TPSA) is 76.0 Å². The number of hydrogen-bond donors (Lipinski definition) is 3. The first kappa shape index (κ1) is 22.1. The highest BCUT2D eigenvalue weighted by atomic mass is 16.3. The van der Waals surface area contributed by atoms with Crippen LogP contribution in [0.3, 0.4) is 0 Å². The molecule has 0 amide bonds. The molecule has 0 bridgehead atoms. The maximum absolute atomic E-state index is 9.81. The molecule has 0 aliphatic carbocycles. The van der Waals surface area contributed by atoms with Gasteiger partial charge in [0.15, 0.2) is 5.96 Å². The molecular formula is C23H34N6O. The minimum Gasteiger partial charge on any atom is -0.396 e. The summed E-state index contributed by atoms with van der Waals surface area (Å²) in [5.41, 5.74) is 2.24. The van der Waals surface area contributed by atoms with Crippen molar-refractivity contribution < 1.29 is 5.11 Å². The van der Waals surface area contributed by atoms with Crippen molar-refractivity contribution >= 4 is 11.8 Å². The Bertz CT molecular complexity index is 789. The molecule has 1 saturated heterocycles. The molecule has 3 N–H and O–H groups in total. The number of likely N-dealkylation sites (N-methyl/N-ethyl adjacent to an activating group) is 1. The predicted molar refractivity (Wildman–Crippen MR) is 123 cm³/mol. The average molecular weight is 411 g/mol. The highest BCUT2D eigenvalue weighted by Crippen LogP contribution is 2.19. The van der Waals surface area contributed by atoms with Gasteiger partial charge in [0.25, 0.3) is 0 Å². The van der Waals surface area contributed by atoms with Crippen molar-refractivity contribution in [3.8, 4) is 0 Å². The van der Waals surface area contributed by atoms with Gasteiger partial charge in [0.1, 0.15) is 5.82 Å². The molecule has 1 aliphatic rings. The van der Waals surface area contributed by atoms with Crippen molar-refractivity contribution in [1.29, 1.82) is 0 Å². The lowest BCUT2D eigenvalue weighted by molar-refractivity contribution is 0.265. The van der Waals surface area contributed by atoms with Gasteiger partial charge >= 0.3 is 0 Å². The molecule has 0 saturated carbocycles. The fraction of sp³-hybridized carbons (Fsp3) is 0.478. The fourth-order valence-corrected chi connectivity index (χ4v) is 3.60. The Hall–Kier alpha value is -2.64. The molecule has 1 aromatic carbocycles. The van der Waals surface area contributed by atoms with Crippen molar-refractivity contribution in [1.82, 2.24) is 20.5 Å². The summed E-state index contributed by atoms with van der Waals surface area (Å²) in [4.78, 5) is 14.1. The van der Waals surface area contributed by atoms with Crippen LogP contribution in [-0.4, -0.2) is 73.9 Å². The van der Waals surface area contributed by atoms with E-state index in [-0.39, 0.29) is 12.5 Å². The molecule has 7 heteroatoms. The number of rotatable bonds is 8. The molecule has 7 nitrogen and oxygen atoms in total. The molecule has 3 rings (SSSR count). The number of aliphatic hydroxyl groups is 1. The number of anilines is 1. The number of piperazine rings is 1. The van der Waals surface area contributed by atoms with Crippen LogP contribution < -0.4 is 15.5 Å². The van der Waals surface area contributed by atoms with Crippen LogP contribution in [0.1, 0.15) is 24.0 Å². The lowest BCUT2D eigenvalue weighted by Crippen LogP contribution is -2.45. The molecule has 2 heterocycles. The highest BCUT2D eigenvalue weighted by Gasteiger charge is 2.18. The Labute approximate surface area is 179 Å². The number of nitrogens with one attached hydrogen (secondary N) is 2. The Morgan fingerprint density at radius 2 is 1.87 bits per heavy atom. The molecule has 2 aromatic rings. The number of benzene rings is 1. The van der Waals surface area contributed by atoms with Gasteiger partial charge in [-0.15, -0.1) is 0 Å². The zero-order valence-corrected chi connectivity index (χ0v) is 18.1.